The first kappa shape index (κ1) is 24.4. The molecule has 3 amide bonds. The Morgan fingerprint density at radius 3 is 2.36 bits per heavy atom. The topological polar surface area (TPSA) is 65.5 Å². The van der Waals surface area contributed by atoms with Gasteiger partial charge in [-0.2, -0.15) is 26.3 Å². The molecule has 0 fully saturated rings. The number of hydrogen-bond donors (Lipinski definition) is 1. The molecule has 33 heavy (non-hydrogen) atoms. The van der Waals surface area contributed by atoms with E-state index in [1.165, 1.54) is 12.4 Å². The van der Waals surface area contributed by atoms with Crippen LogP contribution < -0.4 is 10.3 Å². The van der Waals surface area contributed by atoms with Gasteiger partial charge in [0.1, 0.15) is 0 Å². The van der Waals surface area contributed by atoms with Crippen LogP contribution in [0.2, 0.25) is 0 Å². The normalized spacial score (nSPS) is 16.4. The highest BCUT2D eigenvalue weighted by Crippen LogP contribution is 2.50. The molecule has 1 aromatic heterocycles. The van der Waals surface area contributed by atoms with Gasteiger partial charge in [0.15, 0.2) is 0 Å². The van der Waals surface area contributed by atoms with Gasteiger partial charge < -0.3 is 0 Å². The van der Waals surface area contributed by atoms with Crippen LogP contribution in [0.5, 0.6) is 0 Å². The Balaban J connectivity index is 2.00. The number of benzene rings is 1. The monoisotopic (exact) mass is 478 g/mol. The minimum absolute atomic E-state index is 0.0457. The number of imide groups is 1. The fourth-order valence-electron chi connectivity index (χ4n) is 3.40. The van der Waals surface area contributed by atoms with E-state index in [1.54, 1.807) is 12.1 Å². The van der Waals surface area contributed by atoms with E-state index >= 15 is 0 Å². The largest absolute Gasteiger partial charge is 0.427 e. The summed E-state index contributed by atoms with van der Waals surface area (Å²) in [5.74, 6) is -0.792. The Morgan fingerprint density at radius 2 is 1.82 bits per heavy atom. The number of fused-ring (bicyclic) bond motifs is 1. The molecule has 1 atom stereocenters. The summed E-state index contributed by atoms with van der Waals surface area (Å²) >= 11 is 0. The summed E-state index contributed by atoms with van der Waals surface area (Å²) in [6.07, 6.45) is -11.1. The maximum atomic E-state index is 14.9. The number of aromatic nitrogens is 1. The summed E-state index contributed by atoms with van der Waals surface area (Å²) in [6.45, 7) is 0.648. The number of amides is 3. The molecule has 1 unspecified atom stereocenters. The van der Waals surface area contributed by atoms with Crippen LogP contribution in [0.15, 0.2) is 42.7 Å². The van der Waals surface area contributed by atoms with Gasteiger partial charge in [-0.05, 0) is 34.9 Å². The summed E-state index contributed by atoms with van der Waals surface area (Å²) in [4.78, 5) is 29.3. The average Bonchev–Trinajstić information content (AvgIpc) is 2.70. The molecule has 178 valence electrons. The zero-order valence-electron chi connectivity index (χ0n) is 17.0. The first-order valence-corrected chi connectivity index (χ1v) is 9.43. The van der Waals surface area contributed by atoms with Crippen LogP contribution in [0.4, 0.5) is 41.2 Å². The molecule has 1 aromatic carbocycles. The van der Waals surface area contributed by atoms with Crippen LogP contribution in [-0.2, 0) is 23.6 Å². The number of urea groups is 1. The van der Waals surface area contributed by atoms with Gasteiger partial charge in [-0.3, -0.25) is 14.8 Å². The lowest BCUT2D eigenvalue weighted by atomic mass is 9.89. The van der Waals surface area contributed by atoms with Crippen LogP contribution in [0.1, 0.15) is 30.0 Å². The number of pyridine rings is 1. The third-order valence-corrected chi connectivity index (χ3v) is 4.93. The van der Waals surface area contributed by atoms with Crippen molar-refractivity contribution in [2.75, 3.05) is 4.90 Å². The van der Waals surface area contributed by atoms with E-state index in [-0.39, 0.29) is 17.8 Å². The quantitative estimate of drug-likeness (QED) is 0.630. The summed E-state index contributed by atoms with van der Waals surface area (Å²) < 4.78 is 93.4. The number of hydrazine groups is 1. The van der Waals surface area contributed by atoms with Crippen molar-refractivity contribution < 1.29 is 40.3 Å². The zero-order valence-corrected chi connectivity index (χ0v) is 17.0. The average molecular weight is 478 g/mol. The molecule has 0 saturated carbocycles. The minimum Gasteiger partial charge on any atom is -0.274 e. The molecule has 0 spiro atoms. The summed E-state index contributed by atoms with van der Waals surface area (Å²) in [5, 5.41) is 0.901. The Hall–Kier alpha value is -3.22. The number of alkyl halides is 7. The van der Waals surface area contributed by atoms with E-state index in [0.717, 1.165) is 18.0 Å². The highest BCUT2D eigenvalue weighted by molar-refractivity contribution is 6.14. The number of anilines is 1. The highest BCUT2D eigenvalue weighted by Gasteiger charge is 2.62. The van der Waals surface area contributed by atoms with E-state index in [2.05, 4.69) is 10.4 Å². The number of hydrogen-bond acceptors (Lipinski definition) is 4. The Morgan fingerprint density at radius 1 is 1.12 bits per heavy atom. The van der Waals surface area contributed by atoms with Crippen LogP contribution in [0.25, 0.3) is 0 Å². The van der Waals surface area contributed by atoms with Crippen molar-refractivity contribution in [3.05, 3.63) is 59.4 Å². The van der Waals surface area contributed by atoms with E-state index in [9.17, 15) is 40.3 Å². The first-order valence-electron chi connectivity index (χ1n) is 9.43. The number of nitrogens with one attached hydrogen (secondary N) is 1. The lowest BCUT2D eigenvalue weighted by Crippen LogP contribution is -2.54. The van der Waals surface area contributed by atoms with Crippen molar-refractivity contribution in [3.63, 3.8) is 0 Å². The Labute approximate surface area is 183 Å². The van der Waals surface area contributed by atoms with E-state index in [1.807, 2.05) is 0 Å². The predicted octanol–water partition coefficient (Wildman–Crippen LogP) is 4.75. The number of carbonyl (C=O) groups is 2. The van der Waals surface area contributed by atoms with Crippen molar-refractivity contribution in [1.29, 1.82) is 0 Å². The molecule has 2 heterocycles. The highest BCUT2D eigenvalue weighted by atomic mass is 19.4. The molecular weight excluding hydrogens is 461 g/mol. The summed E-state index contributed by atoms with van der Waals surface area (Å²) in [7, 11) is 0. The van der Waals surface area contributed by atoms with Crippen LogP contribution >= 0.6 is 0 Å². The van der Waals surface area contributed by atoms with Crippen molar-refractivity contribution in [3.8, 4) is 0 Å². The molecular formula is C20H17F7N4O2. The van der Waals surface area contributed by atoms with Crippen molar-refractivity contribution in [2.24, 2.45) is 0 Å². The second kappa shape index (κ2) is 8.61. The molecule has 0 aliphatic carbocycles. The predicted molar refractivity (Wildman–Crippen MR) is 101 cm³/mol. The third kappa shape index (κ3) is 5.07. The second-order valence-corrected chi connectivity index (χ2v) is 7.35. The van der Waals surface area contributed by atoms with Crippen molar-refractivity contribution in [2.45, 2.75) is 44.5 Å². The SMILES string of the molecule is CC(=O)N1C(=O)N(NCc2cccnc2)Cc2cc(C(F)(CC(F)(F)F)C(F)(F)F)ccc21. The maximum absolute atomic E-state index is 14.9. The van der Waals surface area contributed by atoms with Crippen molar-refractivity contribution >= 4 is 17.6 Å². The summed E-state index contributed by atoms with van der Waals surface area (Å²) in [6, 6.07) is 4.36. The van der Waals surface area contributed by atoms with Crippen molar-refractivity contribution in [1.82, 2.24) is 15.4 Å². The molecule has 1 N–H and O–H groups in total. The Kier molecular flexibility index (Phi) is 6.37. The van der Waals surface area contributed by atoms with Gasteiger partial charge >= 0.3 is 18.4 Å². The number of halogens is 7. The van der Waals surface area contributed by atoms with Gasteiger partial charge in [-0.25, -0.2) is 19.5 Å². The van der Waals surface area contributed by atoms with Gasteiger partial charge in [0.2, 0.25) is 11.6 Å². The van der Waals surface area contributed by atoms with E-state index in [0.29, 0.717) is 22.6 Å². The minimum atomic E-state index is -5.86. The molecule has 2 aromatic rings. The molecule has 6 nitrogen and oxygen atoms in total. The van der Waals surface area contributed by atoms with Gasteiger partial charge in [0, 0.05) is 25.9 Å². The Bertz CT molecular complexity index is 1040. The number of carbonyl (C=O) groups excluding carboxylic acids is 2. The van der Waals surface area contributed by atoms with Crippen LogP contribution in [-0.4, -0.2) is 34.3 Å². The summed E-state index contributed by atoms with van der Waals surface area (Å²) in [5.41, 5.74) is -2.96. The van der Waals surface area contributed by atoms with Crippen LogP contribution in [0.3, 0.4) is 0 Å². The van der Waals surface area contributed by atoms with Gasteiger partial charge in [0.25, 0.3) is 0 Å². The number of rotatable bonds is 5. The molecule has 3 rings (SSSR count). The van der Waals surface area contributed by atoms with Gasteiger partial charge in [-0.15, -0.1) is 0 Å². The smallest absolute Gasteiger partial charge is 0.274 e. The lowest BCUT2D eigenvalue weighted by molar-refractivity contribution is -0.273. The third-order valence-electron chi connectivity index (χ3n) is 4.93. The molecule has 1 aliphatic heterocycles. The standard InChI is InChI=1S/C20H17F7N4O2/c1-12(32)31-16-5-4-15(18(21,20(25,26)27)11-19(22,23)24)7-14(16)10-30(17(31)33)29-9-13-3-2-6-28-8-13/h2-8,29H,9-11H2,1H3. The molecule has 1 aliphatic rings. The van der Waals surface area contributed by atoms with Gasteiger partial charge in [-0.1, -0.05) is 12.1 Å². The van der Waals surface area contributed by atoms with E-state index < -0.39 is 48.5 Å². The zero-order chi connectivity index (χ0) is 24.6. The molecule has 0 radical (unpaired) electrons. The molecule has 0 bridgehead atoms. The first-order chi connectivity index (χ1) is 15.2. The fraction of sp³-hybridized carbons (Fsp3) is 0.350. The lowest BCUT2D eigenvalue weighted by Gasteiger charge is -2.37. The molecule has 13 heteroatoms. The second-order valence-electron chi connectivity index (χ2n) is 7.35. The number of nitrogens with zero attached hydrogens (tertiary/aromatic N) is 3. The van der Waals surface area contributed by atoms with Crippen LogP contribution in [0, 0.1) is 0 Å². The fourth-order valence-corrected chi connectivity index (χ4v) is 3.40. The maximum Gasteiger partial charge on any atom is 0.427 e. The molecule has 0 saturated heterocycles. The van der Waals surface area contributed by atoms with E-state index in [4.69, 9.17) is 0 Å². The van der Waals surface area contributed by atoms with Gasteiger partial charge in [0.05, 0.1) is 18.7 Å².